The SMILES string of the molecule is Oc1ccc([C@@H]2[C@@H](C#CC[C@H](O)c3ccc(F)cc3)C(O)N2c2ccc(F)cc2)cc1. The molecule has 3 aromatic carbocycles. The molecule has 3 aromatic rings. The molecule has 0 aromatic heterocycles. The molecular weight excluding hydrogens is 400 g/mol. The van der Waals surface area contributed by atoms with Gasteiger partial charge in [0, 0.05) is 12.1 Å². The van der Waals surface area contributed by atoms with Crippen LogP contribution in [-0.4, -0.2) is 21.5 Å². The van der Waals surface area contributed by atoms with Crippen LogP contribution >= 0.6 is 0 Å². The first-order valence-corrected chi connectivity index (χ1v) is 9.87. The number of rotatable bonds is 4. The number of hydrogen-bond acceptors (Lipinski definition) is 4. The summed E-state index contributed by atoms with van der Waals surface area (Å²) in [4.78, 5) is 1.74. The fourth-order valence-electron chi connectivity index (χ4n) is 3.77. The largest absolute Gasteiger partial charge is 0.508 e. The lowest BCUT2D eigenvalue weighted by Gasteiger charge is -2.52. The number of aliphatic hydroxyl groups is 2. The maximum atomic E-state index is 13.3. The van der Waals surface area contributed by atoms with Crippen LogP contribution in [0.1, 0.15) is 29.7 Å². The standard InChI is InChI=1S/C25H21F2NO3/c26-18-8-4-16(5-9-18)23(30)3-1-2-22-24(17-6-14-21(29)15-7-17)28(25(22)31)20-12-10-19(27)11-13-20/h4-15,22-25,29-31H,3H2/t22-,23+,24-,25?/m1/s1. The summed E-state index contributed by atoms with van der Waals surface area (Å²) >= 11 is 0. The topological polar surface area (TPSA) is 63.9 Å². The Kier molecular flexibility index (Phi) is 5.90. The third kappa shape index (κ3) is 4.38. The quantitative estimate of drug-likeness (QED) is 0.550. The van der Waals surface area contributed by atoms with E-state index in [-0.39, 0.29) is 29.8 Å². The molecule has 0 amide bonds. The first kappa shape index (κ1) is 20.9. The molecule has 158 valence electrons. The molecule has 1 saturated heterocycles. The van der Waals surface area contributed by atoms with Crippen molar-refractivity contribution in [3.63, 3.8) is 0 Å². The summed E-state index contributed by atoms with van der Waals surface area (Å²) in [6, 6.07) is 17.7. The molecule has 1 heterocycles. The van der Waals surface area contributed by atoms with Gasteiger partial charge in [0.2, 0.25) is 0 Å². The Balaban J connectivity index is 1.56. The Hall–Kier alpha value is -3.40. The zero-order chi connectivity index (χ0) is 22.0. The molecule has 0 saturated carbocycles. The van der Waals surface area contributed by atoms with E-state index in [4.69, 9.17) is 0 Å². The van der Waals surface area contributed by atoms with Gasteiger partial charge < -0.3 is 20.2 Å². The minimum Gasteiger partial charge on any atom is -0.508 e. The van der Waals surface area contributed by atoms with Gasteiger partial charge in [0.1, 0.15) is 23.6 Å². The van der Waals surface area contributed by atoms with E-state index < -0.39 is 18.2 Å². The highest BCUT2D eigenvalue weighted by atomic mass is 19.1. The molecule has 6 heteroatoms. The van der Waals surface area contributed by atoms with Gasteiger partial charge in [0.05, 0.1) is 18.1 Å². The molecule has 4 atom stereocenters. The van der Waals surface area contributed by atoms with Crippen molar-refractivity contribution in [1.29, 1.82) is 0 Å². The van der Waals surface area contributed by atoms with Crippen molar-refractivity contribution in [2.24, 2.45) is 5.92 Å². The highest BCUT2D eigenvalue weighted by Gasteiger charge is 2.47. The molecule has 0 spiro atoms. The van der Waals surface area contributed by atoms with Crippen LogP contribution in [0.15, 0.2) is 72.8 Å². The third-order valence-corrected chi connectivity index (χ3v) is 5.42. The number of anilines is 1. The Morgan fingerprint density at radius 3 is 2.06 bits per heavy atom. The van der Waals surface area contributed by atoms with Crippen LogP contribution in [-0.2, 0) is 0 Å². The predicted octanol–water partition coefficient (Wildman–Crippen LogP) is 4.29. The van der Waals surface area contributed by atoms with E-state index in [2.05, 4.69) is 11.8 Å². The van der Waals surface area contributed by atoms with Gasteiger partial charge in [-0.2, -0.15) is 0 Å². The zero-order valence-electron chi connectivity index (χ0n) is 16.5. The lowest BCUT2D eigenvalue weighted by molar-refractivity contribution is 0.0365. The van der Waals surface area contributed by atoms with E-state index in [0.29, 0.717) is 11.3 Å². The van der Waals surface area contributed by atoms with Crippen LogP contribution < -0.4 is 4.90 Å². The average molecular weight is 421 g/mol. The van der Waals surface area contributed by atoms with Gasteiger partial charge in [0.25, 0.3) is 0 Å². The molecule has 1 aliphatic heterocycles. The summed E-state index contributed by atoms with van der Waals surface area (Å²) in [5.74, 6) is 4.91. The number of phenols is 1. The van der Waals surface area contributed by atoms with Crippen LogP contribution in [0.25, 0.3) is 0 Å². The van der Waals surface area contributed by atoms with Crippen molar-refractivity contribution >= 4 is 5.69 Å². The van der Waals surface area contributed by atoms with Gasteiger partial charge in [-0.15, -0.1) is 0 Å². The van der Waals surface area contributed by atoms with Crippen molar-refractivity contribution in [3.8, 4) is 17.6 Å². The Morgan fingerprint density at radius 1 is 0.871 bits per heavy atom. The number of hydrogen-bond donors (Lipinski definition) is 3. The monoisotopic (exact) mass is 421 g/mol. The molecule has 3 N–H and O–H groups in total. The number of aromatic hydroxyl groups is 1. The summed E-state index contributed by atoms with van der Waals surface area (Å²) in [6.07, 6.45) is -1.65. The van der Waals surface area contributed by atoms with Crippen LogP contribution in [0.4, 0.5) is 14.5 Å². The smallest absolute Gasteiger partial charge is 0.143 e. The van der Waals surface area contributed by atoms with E-state index in [1.807, 2.05) is 0 Å². The first-order chi connectivity index (χ1) is 14.9. The van der Waals surface area contributed by atoms with E-state index in [0.717, 1.165) is 5.56 Å². The van der Waals surface area contributed by atoms with Crippen LogP contribution in [0.2, 0.25) is 0 Å². The second-order valence-electron chi connectivity index (χ2n) is 7.45. The molecule has 4 nitrogen and oxygen atoms in total. The third-order valence-electron chi connectivity index (χ3n) is 5.42. The van der Waals surface area contributed by atoms with E-state index in [9.17, 15) is 24.1 Å². The van der Waals surface area contributed by atoms with Crippen molar-refractivity contribution < 1.29 is 24.1 Å². The number of halogens is 2. The molecule has 31 heavy (non-hydrogen) atoms. The van der Waals surface area contributed by atoms with Crippen molar-refractivity contribution in [2.75, 3.05) is 4.90 Å². The van der Waals surface area contributed by atoms with Crippen molar-refractivity contribution in [3.05, 3.63) is 95.6 Å². The number of phenolic OH excluding ortho intramolecular Hbond substituents is 1. The summed E-state index contributed by atoms with van der Waals surface area (Å²) in [6.45, 7) is 0. The molecule has 0 aliphatic carbocycles. The summed E-state index contributed by atoms with van der Waals surface area (Å²) in [5.41, 5.74) is 2.05. The maximum absolute atomic E-state index is 13.3. The Morgan fingerprint density at radius 2 is 1.45 bits per heavy atom. The lowest BCUT2D eigenvalue weighted by atomic mass is 9.81. The van der Waals surface area contributed by atoms with Crippen molar-refractivity contribution in [2.45, 2.75) is 24.8 Å². The highest BCUT2D eigenvalue weighted by molar-refractivity contribution is 5.55. The van der Waals surface area contributed by atoms with Gasteiger partial charge in [-0.05, 0) is 59.7 Å². The van der Waals surface area contributed by atoms with Crippen molar-refractivity contribution in [1.82, 2.24) is 0 Å². The zero-order valence-corrected chi connectivity index (χ0v) is 16.5. The van der Waals surface area contributed by atoms with Crippen LogP contribution in [0.5, 0.6) is 5.75 Å². The Labute approximate surface area is 179 Å². The first-order valence-electron chi connectivity index (χ1n) is 9.87. The van der Waals surface area contributed by atoms with Gasteiger partial charge in [0.15, 0.2) is 0 Å². The Bertz CT molecular complexity index is 1090. The van der Waals surface area contributed by atoms with Gasteiger partial charge >= 0.3 is 0 Å². The fourth-order valence-corrected chi connectivity index (χ4v) is 3.77. The van der Waals surface area contributed by atoms with E-state index in [1.54, 1.807) is 41.3 Å². The minimum atomic E-state index is -0.917. The summed E-state index contributed by atoms with van der Waals surface area (Å²) in [5, 5.41) is 30.7. The van der Waals surface area contributed by atoms with E-state index in [1.165, 1.54) is 36.4 Å². The number of nitrogens with zero attached hydrogens (tertiary/aromatic N) is 1. The average Bonchev–Trinajstić information content (AvgIpc) is 2.77. The lowest BCUT2D eigenvalue weighted by Crippen LogP contribution is -2.58. The molecule has 4 rings (SSSR count). The number of aliphatic hydroxyl groups excluding tert-OH is 2. The van der Waals surface area contributed by atoms with Gasteiger partial charge in [-0.3, -0.25) is 0 Å². The number of benzene rings is 3. The molecule has 0 radical (unpaired) electrons. The van der Waals surface area contributed by atoms with Gasteiger partial charge in [-0.25, -0.2) is 8.78 Å². The fraction of sp³-hybridized carbons (Fsp3) is 0.200. The maximum Gasteiger partial charge on any atom is 0.143 e. The summed E-state index contributed by atoms with van der Waals surface area (Å²) < 4.78 is 26.4. The minimum absolute atomic E-state index is 0.127. The second kappa shape index (κ2) is 8.76. The molecule has 1 aliphatic rings. The normalized spacial score (nSPS) is 21.0. The summed E-state index contributed by atoms with van der Waals surface area (Å²) in [7, 11) is 0. The second-order valence-corrected chi connectivity index (χ2v) is 7.45. The van der Waals surface area contributed by atoms with E-state index >= 15 is 0 Å². The predicted molar refractivity (Wildman–Crippen MR) is 113 cm³/mol. The molecule has 1 unspecified atom stereocenters. The molecule has 1 fully saturated rings. The van der Waals surface area contributed by atoms with Gasteiger partial charge in [-0.1, -0.05) is 36.1 Å². The van der Waals surface area contributed by atoms with Crippen LogP contribution in [0, 0.1) is 29.4 Å². The molecular formula is C25H21F2NO3. The highest BCUT2D eigenvalue weighted by Crippen LogP contribution is 2.46. The molecule has 0 bridgehead atoms. The van der Waals surface area contributed by atoms with Crippen LogP contribution in [0.3, 0.4) is 0 Å².